The van der Waals surface area contributed by atoms with E-state index in [0.29, 0.717) is 6.10 Å². The molecule has 0 bridgehead atoms. The zero-order chi connectivity index (χ0) is 14.0. The molecule has 1 aliphatic heterocycles. The van der Waals surface area contributed by atoms with E-state index >= 15 is 0 Å². The second-order valence-corrected chi connectivity index (χ2v) is 6.13. The molecule has 116 valence electrons. The summed E-state index contributed by atoms with van der Waals surface area (Å²) in [5.74, 6) is 0.171. The molecular formula is C16H30N2O2. The highest BCUT2D eigenvalue weighted by Crippen LogP contribution is 2.20. The quantitative estimate of drug-likeness (QED) is 0.735. The number of ether oxygens (including phenoxy) is 1. The van der Waals surface area contributed by atoms with E-state index in [1.54, 1.807) is 0 Å². The van der Waals surface area contributed by atoms with Crippen molar-refractivity contribution >= 4 is 5.91 Å². The van der Waals surface area contributed by atoms with Gasteiger partial charge < -0.3 is 15.4 Å². The predicted molar refractivity (Wildman–Crippen MR) is 80.7 cm³/mol. The predicted octanol–water partition coefficient (Wildman–Crippen LogP) is 2.37. The molecule has 2 aliphatic rings. The number of amides is 1. The summed E-state index contributed by atoms with van der Waals surface area (Å²) < 4.78 is 5.86. The third-order valence-corrected chi connectivity index (χ3v) is 4.40. The first-order valence-corrected chi connectivity index (χ1v) is 8.49. The highest BCUT2D eigenvalue weighted by atomic mass is 16.5. The van der Waals surface area contributed by atoms with Crippen molar-refractivity contribution in [1.29, 1.82) is 0 Å². The van der Waals surface area contributed by atoms with Crippen LogP contribution in [0.2, 0.25) is 0 Å². The Bertz CT molecular complexity index is 270. The van der Waals surface area contributed by atoms with Gasteiger partial charge in [-0.2, -0.15) is 0 Å². The Hall–Kier alpha value is -0.610. The summed E-state index contributed by atoms with van der Waals surface area (Å²) >= 11 is 0. The Kier molecular flexibility index (Phi) is 7.37. The van der Waals surface area contributed by atoms with Crippen LogP contribution in [0.4, 0.5) is 0 Å². The second-order valence-electron chi connectivity index (χ2n) is 6.13. The van der Waals surface area contributed by atoms with E-state index in [1.165, 1.54) is 44.9 Å². The minimum Gasteiger partial charge on any atom is -0.378 e. The lowest BCUT2D eigenvalue weighted by Crippen LogP contribution is -2.44. The van der Waals surface area contributed by atoms with Gasteiger partial charge in [0.05, 0.1) is 12.1 Å². The van der Waals surface area contributed by atoms with Gasteiger partial charge in [0, 0.05) is 13.2 Å². The third-order valence-electron chi connectivity index (χ3n) is 4.40. The minimum absolute atomic E-state index is 0.0248. The summed E-state index contributed by atoms with van der Waals surface area (Å²) in [4.78, 5) is 12.0. The van der Waals surface area contributed by atoms with E-state index in [9.17, 15) is 4.79 Å². The molecule has 1 unspecified atom stereocenters. The number of carbonyl (C=O) groups is 1. The first-order chi connectivity index (χ1) is 9.86. The van der Waals surface area contributed by atoms with E-state index < -0.39 is 0 Å². The Labute approximate surface area is 123 Å². The van der Waals surface area contributed by atoms with Crippen molar-refractivity contribution in [2.45, 2.75) is 76.4 Å². The zero-order valence-electron chi connectivity index (χ0n) is 12.7. The van der Waals surface area contributed by atoms with Crippen LogP contribution in [-0.4, -0.2) is 37.7 Å². The Morgan fingerprint density at radius 2 is 1.80 bits per heavy atom. The lowest BCUT2D eigenvalue weighted by atomic mass is 9.98. The van der Waals surface area contributed by atoms with Gasteiger partial charge in [0.25, 0.3) is 0 Å². The summed E-state index contributed by atoms with van der Waals surface area (Å²) in [7, 11) is 0. The average Bonchev–Trinajstić information content (AvgIpc) is 2.77. The fourth-order valence-corrected chi connectivity index (χ4v) is 3.14. The summed E-state index contributed by atoms with van der Waals surface area (Å²) in [5, 5.41) is 6.37. The van der Waals surface area contributed by atoms with Crippen LogP contribution in [0.3, 0.4) is 0 Å². The third kappa shape index (κ3) is 5.80. The summed E-state index contributed by atoms with van der Waals surface area (Å²) in [5.41, 5.74) is 0. The molecule has 1 saturated carbocycles. The van der Waals surface area contributed by atoms with Crippen molar-refractivity contribution in [2.75, 3.05) is 19.7 Å². The number of hydrogen-bond acceptors (Lipinski definition) is 3. The van der Waals surface area contributed by atoms with Gasteiger partial charge in [-0.3, -0.25) is 4.79 Å². The van der Waals surface area contributed by atoms with Gasteiger partial charge >= 0.3 is 0 Å². The topological polar surface area (TPSA) is 50.4 Å². The molecule has 0 spiro atoms. The Morgan fingerprint density at radius 1 is 1.05 bits per heavy atom. The smallest absolute Gasteiger partial charge is 0.237 e. The minimum atomic E-state index is 0.0248. The molecule has 1 heterocycles. The molecule has 0 aromatic rings. The highest BCUT2D eigenvalue weighted by Gasteiger charge is 2.18. The van der Waals surface area contributed by atoms with Gasteiger partial charge in [-0.05, 0) is 38.6 Å². The molecule has 4 heteroatoms. The van der Waals surface area contributed by atoms with Gasteiger partial charge in [0.1, 0.15) is 0 Å². The van der Waals surface area contributed by atoms with Crippen molar-refractivity contribution in [3.05, 3.63) is 0 Å². The van der Waals surface area contributed by atoms with Gasteiger partial charge in [-0.1, -0.05) is 32.1 Å². The van der Waals surface area contributed by atoms with Crippen LogP contribution in [0.25, 0.3) is 0 Å². The lowest BCUT2D eigenvalue weighted by Gasteiger charge is -2.22. The first kappa shape index (κ1) is 15.8. The molecule has 1 saturated heterocycles. The van der Waals surface area contributed by atoms with E-state index in [-0.39, 0.29) is 11.9 Å². The van der Waals surface area contributed by atoms with Crippen molar-refractivity contribution in [3.63, 3.8) is 0 Å². The molecule has 4 nitrogen and oxygen atoms in total. The maximum Gasteiger partial charge on any atom is 0.237 e. The molecule has 0 aromatic heterocycles. The van der Waals surface area contributed by atoms with Crippen LogP contribution in [0, 0.1) is 0 Å². The SMILES string of the molecule is O=C(NCCCOC1CCCCC1)C1CCCCCN1. The monoisotopic (exact) mass is 282 g/mol. The molecule has 2 fully saturated rings. The van der Waals surface area contributed by atoms with Crippen molar-refractivity contribution < 1.29 is 9.53 Å². The molecular weight excluding hydrogens is 252 g/mol. The summed E-state index contributed by atoms with van der Waals surface area (Å²) in [6.45, 7) is 2.50. The molecule has 1 aliphatic carbocycles. The summed E-state index contributed by atoms with van der Waals surface area (Å²) in [6.07, 6.45) is 12.4. The van der Waals surface area contributed by atoms with Crippen LogP contribution >= 0.6 is 0 Å². The van der Waals surface area contributed by atoms with E-state index in [1.807, 2.05) is 0 Å². The molecule has 1 amide bonds. The largest absolute Gasteiger partial charge is 0.378 e. The average molecular weight is 282 g/mol. The van der Waals surface area contributed by atoms with E-state index in [4.69, 9.17) is 4.74 Å². The molecule has 2 N–H and O–H groups in total. The van der Waals surface area contributed by atoms with Crippen molar-refractivity contribution in [2.24, 2.45) is 0 Å². The van der Waals surface area contributed by atoms with Crippen LogP contribution in [0.1, 0.15) is 64.2 Å². The molecule has 0 aromatic carbocycles. The van der Waals surface area contributed by atoms with Gasteiger partial charge in [-0.15, -0.1) is 0 Å². The molecule has 1 atom stereocenters. The number of hydrogen-bond donors (Lipinski definition) is 2. The molecule has 0 radical (unpaired) electrons. The van der Waals surface area contributed by atoms with Crippen molar-refractivity contribution in [1.82, 2.24) is 10.6 Å². The Morgan fingerprint density at radius 3 is 2.65 bits per heavy atom. The molecule has 20 heavy (non-hydrogen) atoms. The highest BCUT2D eigenvalue weighted by molar-refractivity contribution is 5.81. The number of rotatable bonds is 6. The van der Waals surface area contributed by atoms with E-state index in [0.717, 1.165) is 39.0 Å². The number of carbonyl (C=O) groups excluding carboxylic acids is 1. The van der Waals surface area contributed by atoms with Crippen LogP contribution in [0.15, 0.2) is 0 Å². The van der Waals surface area contributed by atoms with E-state index in [2.05, 4.69) is 10.6 Å². The number of nitrogens with one attached hydrogen (secondary N) is 2. The second kappa shape index (κ2) is 9.35. The zero-order valence-corrected chi connectivity index (χ0v) is 12.7. The summed E-state index contributed by atoms with van der Waals surface area (Å²) in [6, 6.07) is 0.0248. The van der Waals surface area contributed by atoms with Gasteiger partial charge in [0.15, 0.2) is 0 Å². The fourth-order valence-electron chi connectivity index (χ4n) is 3.14. The van der Waals surface area contributed by atoms with Gasteiger partial charge in [-0.25, -0.2) is 0 Å². The van der Waals surface area contributed by atoms with Crippen LogP contribution < -0.4 is 10.6 Å². The first-order valence-electron chi connectivity index (χ1n) is 8.49. The lowest BCUT2D eigenvalue weighted by molar-refractivity contribution is -0.123. The standard InChI is InChI=1S/C16H30N2O2/c19-16(15-10-5-2-6-11-17-15)18-12-7-13-20-14-8-3-1-4-9-14/h14-15,17H,1-13H2,(H,18,19). The fraction of sp³-hybridized carbons (Fsp3) is 0.938. The normalized spacial score (nSPS) is 25.1. The van der Waals surface area contributed by atoms with Gasteiger partial charge in [0.2, 0.25) is 5.91 Å². The maximum atomic E-state index is 12.0. The molecule has 2 rings (SSSR count). The van der Waals surface area contributed by atoms with Crippen LogP contribution in [-0.2, 0) is 9.53 Å². The maximum absolute atomic E-state index is 12.0. The van der Waals surface area contributed by atoms with Crippen molar-refractivity contribution in [3.8, 4) is 0 Å². The van der Waals surface area contributed by atoms with Crippen LogP contribution in [0.5, 0.6) is 0 Å². The Balaban J connectivity index is 1.50.